The van der Waals surface area contributed by atoms with Crippen LogP contribution in [-0.4, -0.2) is 59.0 Å². The van der Waals surface area contributed by atoms with Gasteiger partial charge in [0.25, 0.3) is 11.8 Å². The number of rotatable bonds is 12. The average molecular weight is 732 g/mol. The lowest BCUT2D eigenvalue weighted by Crippen LogP contribution is -2.38. The second-order valence-corrected chi connectivity index (χ2v) is 14.0. The van der Waals surface area contributed by atoms with E-state index in [1.54, 1.807) is 25.8 Å². The lowest BCUT2D eigenvalue weighted by molar-refractivity contribution is 0.0707. The summed E-state index contributed by atoms with van der Waals surface area (Å²) in [6, 6.07) is 27.5. The van der Waals surface area contributed by atoms with Gasteiger partial charge < -0.3 is 24.4 Å². The van der Waals surface area contributed by atoms with Crippen LogP contribution in [0.1, 0.15) is 56.6 Å². The van der Waals surface area contributed by atoms with E-state index in [2.05, 4.69) is 39.6 Å². The van der Waals surface area contributed by atoms with Crippen LogP contribution >= 0.6 is 22.7 Å². The number of carbonyl (C=O) groups excluding carboxylic acids is 2. The normalized spacial score (nSPS) is 13.1. The number of hydrogen-bond acceptors (Lipinski definition) is 10. The van der Waals surface area contributed by atoms with E-state index in [1.165, 1.54) is 28.2 Å². The Morgan fingerprint density at radius 3 is 2.31 bits per heavy atom. The first kappa shape index (κ1) is 34.8. The highest BCUT2D eigenvalue weighted by Gasteiger charge is 2.26. The molecule has 0 atom stereocenters. The molecule has 0 radical (unpaired) electrons. The molecule has 2 amide bonds. The predicted molar refractivity (Wildman–Crippen MR) is 202 cm³/mol. The zero-order chi connectivity index (χ0) is 35.9. The van der Waals surface area contributed by atoms with Gasteiger partial charge in [-0.25, -0.2) is 9.97 Å². The number of nitrogens with one attached hydrogen (secondary N) is 1. The molecule has 1 fully saturated rings. The third kappa shape index (κ3) is 7.98. The Kier molecular flexibility index (Phi) is 10.8. The van der Waals surface area contributed by atoms with Gasteiger partial charge in [-0.3, -0.25) is 14.6 Å². The van der Waals surface area contributed by atoms with E-state index >= 15 is 0 Å². The van der Waals surface area contributed by atoms with Crippen LogP contribution in [0.25, 0.3) is 21.1 Å². The van der Waals surface area contributed by atoms with Gasteiger partial charge in [-0.15, -0.1) is 22.7 Å². The maximum atomic E-state index is 13.4. The number of ether oxygens (including phenoxy) is 3. The molecule has 7 rings (SSSR count). The predicted octanol–water partition coefficient (Wildman–Crippen LogP) is 7.87. The van der Waals surface area contributed by atoms with Gasteiger partial charge in [0.2, 0.25) is 0 Å². The summed E-state index contributed by atoms with van der Waals surface area (Å²) >= 11 is 2.82. The molecule has 0 aliphatic carbocycles. The average Bonchev–Trinajstić information content (AvgIpc) is 3.91. The summed E-state index contributed by atoms with van der Waals surface area (Å²) in [4.78, 5) is 41.8. The van der Waals surface area contributed by atoms with Crippen LogP contribution in [0.4, 0.5) is 0 Å². The van der Waals surface area contributed by atoms with Crippen LogP contribution in [0.15, 0.2) is 102 Å². The summed E-state index contributed by atoms with van der Waals surface area (Å²) in [7, 11) is 3.22. The van der Waals surface area contributed by atoms with Crippen molar-refractivity contribution in [1.29, 1.82) is 0 Å². The summed E-state index contributed by atoms with van der Waals surface area (Å²) in [5, 5.41) is 7.91. The fraction of sp³-hybridized carbons (Fsp3) is 0.225. The van der Waals surface area contributed by atoms with Crippen molar-refractivity contribution in [2.45, 2.75) is 31.9 Å². The Morgan fingerprint density at radius 2 is 1.58 bits per heavy atom. The Morgan fingerprint density at radius 1 is 0.827 bits per heavy atom. The summed E-state index contributed by atoms with van der Waals surface area (Å²) in [6.45, 7) is 1.94. The lowest BCUT2D eigenvalue weighted by Gasteiger charge is -2.31. The van der Waals surface area contributed by atoms with E-state index in [0.29, 0.717) is 52.6 Å². The number of carbonyl (C=O) groups is 2. The first-order valence-corrected chi connectivity index (χ1v) is 18.7. The van der Waals surface area contributed by atoms with Gasteiger partial charge in [0.05, 0.1) is 32.0 Å². The molecular weight excluding hydrogens is 695 g/mol. The number of thiazole rings is 2. The van der Waals surface area contributed by atoms with Gasteiger partial charge >= 0.3 is 0 Å². The van der Waals surface area contributed by atoms with E-state index in [0.717, 1.165) is 40.3 Å². The molecule has 3 aromatic carbocycles. The third-order valence-corrected chi connectivity index (χ3v) is 10.7. The van der Waals surface area contributed by atoms with Crippen molar-refractivity contribution in [3.05, 3.63) is 130 Å². The van der Waals surface area contributed by atoms with Crippen molar-refractivity contribution in [1.82, 2.24) is 25.2 Å². The molecular formula is C40H37N5O5S2. The fourth-order valence-corrected chi connectivity index (χ4v) is 7.74. The molecule has 4 heterocycles. The van der Waals surface area contributed by atoms with Crippen LogP contribution in [0.5, 0.6) is 17.2 Å². The Hall–Kier alpha value is -5.59. The van der Waals surface area contributed by atoms with Gasteiger partial charge in [-0.05, 0) is 66.8 Å². The Labute approximate surface area is 310 Å². The van der Waals surface area contributed by atoms with Crippen molar-refractivity contribution in [2.24, 2.45) is 0 Å². The number of aromatic nitrogens is 3. The highest BCUT2D eigenvalue weighted by molar-refractivity contribution is 7.13. The molecule has 0 saturated carbocycles. The molecule has 1 saturated heterocycles. The van der Waals surface area contributed by atoms with Gasteiger partial charge in [0.1, 0.15) is 33.8 Å². The topological polar surface area (TPSA) is 116 Å². The minimum atomic E-state index is -0.266. The number of para-hydroxylation sites is 1. The molecule has 3 aromatic heterocycles. The number of piperidine rings is 1. The highest BCUT2D eigenvalue weighted by atomic mass is 32.1. The minimum Gasteiger partial charge on any atom is -0.497 e. The smallest absolute Gasteiger partial charge is 0.273 e. The number of benzene rings is 3. The number of nitrogens with zero attached hydrogens (tertiary/aromatic N) is 4. The first-order chi connectivity index (χ1) is 25.5. The third-order valence-electron chi connectivity index (χ3n) is 8.97. The minimum absolute atomic E-state index is 0.0436. The maximum absolute atomic E-state index is 13.4. The van der Waals surface area contributed by atoms with E-state index in [1.807, 2.05) is 70.9 Å². The SMILES string of the molecule is COc1ccc(-c2nc(C(=O)NCc3ccc(COc4cccc(-c5nc(C(=O)N6CCC(c7ccccc7)CC6)cs5)c4OC)cn3)cs2)cc1. The number of hydrogen-bond donors (Lipinski definition) is 1. The van der Waals surface area contributed by atoms with E-state index < -0.39 is 0 Å². The maximum Gasteiger partial charge on any atom is 0.273 e. The molecule has 0 bridgehead atoms. The number of pyridine rings is 1. The highest BCUT2D eigenvalue weighted by Crippen LogP contribution is 2.40. The molecule has 1 aliphatic rings. The van der Waals surface area contributed by atoms with Crippen molar-refractivity contribution in [3.8, 4) is 38.4 Å². The van der Waals surface area contributed by atoms with Crippen LogP contribution in [0.3, 0.4) is 0 Å². The van der Waals surface area contributed by atoms with Gasteiger partial charge in [0.15, 0.2) is 11.5 Å². The van der Waals surface area contributed by atoms with E-state index in [9.17, 15) is 9.59 Å². The second kappa shape index (κ2) is 16.2. The Bertz CT molecular complexity index is 2130. The molecule has 12 heteroatoms. The van der Waals surface area contributed by atoms with Gasteiger partial charge in [0, 0.05) is 41.2 Å². The molecule has 0 spiro atoms. The zero-order valence-corrected chi connectivity index (χ0v) is 30.4. The largest absolute Gasteiger partial charge is 0.497 e. The second-order valence-electron chi connectivity index (χ2n) is 12.2. The Balaban J connectivity index is 0.925. The summed E-state index contributed by atoms with van der Waals surface area (Å²) in [5.41, 5.74) is 5.37. The van der Waals surface area contributed by atoms with Gasteiger partial charge in [-0.1, -0.05) is 42.5 Å². The molecule has 52 heavy (non-hydrogen) atoms. The van der Waals surface area contributed by atoms with Crippen molar-refractivity contribution in [3.63, 3.8) is 0 Å². The molecule has 6 aromatic rings. The standard InChI is InChI=1S/C40H37N5O5S2/c1-48-31-15-12-29(13-16-31)38-43-33(24-51-38)37(46)42-22-30-14-11-26(21-41-30)23-50-35-10-6-9-32(36(35)49-2)39-44-34(25-52-39)40(47)45-19-17-28(18-20-45)27-7-4-3-5-8-27/h3-16,21,24-25,28H,17-20,22-23H2,1-2H3,(H,42,46). The van der Waals surface area contributed by atoms with Crippen LogP contribution in [0, 0.1) is 0 Å². The molecule has 1 N–H and O–H groups in total. The summed E-state index contributed by atoms with van der Waals surface area (Å²) < 4.78 is 17.2. The summed E-state index contributed by atoms with van der Waals surface area (Å²) in [5.74, 6) is 2.03. The molecule has 0 unspecified atom stereocenters. The lowest BCUT2D eigenvalue weighted by atomic mass is 9.89. The monoisotopic (exact) mass is 731 g/mol. The number of methoxy groups -OCH3 is 2. The van der Waals surface area contributed by atoms with Crippen molar-refractivity contribution < 1.29 is 23.8 Å². The molecule has 10 nitrogen and oxygen atoms in total. The van der Waals surface area contributed by atoms with Crippen LogP contribution in [-0.2, 0) is 13.2 Å². The van der Waals surface area contributed by atoms with E-state index in [-0.39, 0.29) is 25.0 Å². The van der Waals surface area contributed by atoms with Crippen LogP contribution in [0.2, 0.25) is 0 Å². The van der Waals surface area contributed by atoms with Crippen LogP contribution < -0.4 is 19.5 Å². The quantitative estimate of drug-likeness (QED) is 0.135. The summed E-state index contributed by atoms with van der Waals surface area (Å²) in [6.07, 6.45) is 3.61. The zero-order valence-electron chi connectivity index (χ0n) is 28.8. The van der Waals surface area contributed by atoms with E-state index in [4.69, 9.17) is 19.2 Å². The number of likely N-dealkylation sites (tertiary alicyclic amines) is 1. The molecule has 264 valence electrons. The van der Waals surface area contributed by atoms with Gasteiger partial charge in [-0.2, -0.15) is 0 Å². The molecule has 1 aliphatic heterocycles. The fourth-order valence-electron chi connectivity index (χ4n) is 6.12. The van der Waals surface area contributed by atoms with Crippen molar-refractivity contribution in [2.75, 3.05) is 27.3 Å². The first-order valence-electron chi connectivity index (χ1n) is 16.9. The van der Waals surface area contributed by atoms with Crippen molar-refractivity contribution >= 4 is 34.5 Å². The number of amides is 2.